The molecule has 1 aliphatic rings. The van der Waals surface area contributed by atoms with Gasteiger partial charge in [0, 0.05) is 46.3 Å². The van der Waals surface area contributed by atoms with Gasteiger partial charge in [0.15, 0.2) is 11.5 Å². The summed E-state index contributed by atoms with van der Waals surface area (Å²) in [5.41, 5.74) is 4.17. The maximum Gasteiger partial charge on any atom is 0.416 e. The fourth-order valence-corrected chi connectivity index (χ4v) is 6.86. The largest absolute Gasteiger partial charge is 0.416 e. The molecule has 0 bridgehead atoms. The average Bonchev–Trinajstić information content (AvgIpc) is 3.69. The normalized spacial score (nSPS) is 15.8. The van der Waals surface area contributed by atoms with Crippen LogP contribution in [0.1, 0.15) is 102 Å². The number of nitrogens with zero attached hydrogens (tertiary/aromatic N) is 5. The monoisotopic (exact) mass is 693 g/mol. The molecule has 0 saturated carbocycles. The second-order valence-electron chi connectivity index (χ2n) is 13.3. The van der Waals surface area contributed by atoms with E-state index in [0.717, 1.165) is 30.1 Å². The van der Waals surface area contributed by atoms with E-state index in [1.807, 2.05) is 24.3 Å². The molecule has 0 atom stereocenters. The Hall–Kier alpha value is -3.69. The fraction of sp³-hybridized carbons (Fsp3) is 0.462. The van der Waals surface area contributed by atoms with E-state index in [9.17, 15) is 13.2 Å². The number of alkyl halides is 3. The third-order valence-corrected chi connectivity index (χ3v) is 9.61. The zero-order chi connectivity index (χ0) is 35.0. The Bertz CT molecular complexity index is 1810. The SMILES string of the molecule is CCCCCCCCCCCCN1/C(=C/C=C/C=c2/c(-c3ccc(C(F)(F)F)cc3)nn3c(COC)nnc23)C(C)(C)c2cc(Cl)ccc21. The van der Waals surface area contributed by atoms with E-state index in [1.165, 1.54) is 86.9 Å². The lowest BCUT2D eigenvalue weighted by atomic mass is 9.83. The predicted octanol–water partition coefficient (Wildman–Crippen LogP) is 10.3. The predicted molar refractivity (Wildman–Crippen MR) is 193 cm³/mol. The van der Waals surface area contributed by atoms with Crippen LogP contribution >= 0.6 is 11.6 Å². The summed E-state index contributed by atoms with van der Waals surface area (Å²) in [4.78, 5) is 2.42. The van der Waals surface area contributed by atoms with Crippen LogP contribution in [-0.2, 0) is 22.9 Å². The Labute approximate surface area is 292 Å². The quantitative estimate of drug-likeness (QED) is 0.109. The molecule has 10 heteroatoms. The van der Waals surface area contributed by atoms with Crippen molar-refractivity contribution in [2.24, 2.45) is 0 Å². The lowest BCUT2D eigenvalue weighted by Crippen LogP contribution is -2.27. The molecule has 2 aromatic heterocycles. The van der Waals surface area contributed by atoms with Gasteiger partial charge in [-0.1, -0.05) is 114 Å². The molecule has 2 aromatic carbocycles. The molecule has 0 unspecified atom stereocenters. The topological polar surface area (TPSA) is 55.6 Å². The Kier molecular flexibility index (Phi) is 12.2. The highest BCUT2D eigenvalue weighted by Gasteiger charge is 2.39. The van der Waals surface area contributed by atoms with E-state index < -0.39 is 11.7 Å². The van der Waals surface area contributed by atoms with Crippen LogP contribution in [0.25, 0.3) is 23.0 Å². The number of methoxy groups -OCH3 is 1. The molecule has 49 heavy (non-hydrogen) atoms. The first-order chi connectivity index (χ1) is 23.6. The molecule has 0 amide bonds. The minimum absolute atomic E-state index is 0.195. The number of fused-ring (bicyclic) bond motifs is 2. The molecule has 262 valence electrons. The molecule has 0 spiro atoms. The number of anilines is 1. The summed E-state index contributed by atoms with van der Waals surface area (Å²) in [6.07, 6.45) is 16.4. The van der Waals surface area contributed by atoms with Gasteiger partial charge >= 0.3 is 6.18 Å². The van der Waals surface area contributed by atoms with Gasteiger partial charge in [0.1, 0.15) is 12.3 Å². The van der Waals surface area contributed by atoms with Gasteiger partial charge in [-0.2, -0.15) is 22.8 Å². The van der Waals surface area contributed by atoms with Gasteiger partial charge in [-0.3, -0.25) is 0 Å². The van der Waals surface area contributed by atoms with Crippen LogP contribution in [0.5, 0.6) is 0 Å². The van der Waals surface area contributed by atoms with Crippen molar-refractivity contribution >= 4 is 29.0 Å². The summed E-state index contributed by atoms with van der Waals surface area (Å²) >= 11 is 6.47. The van der Waals surface area contributed by atoms with E-state index in [4.69, 9.17) is 16.3 Å². The van der Waals surface area contributed by atoms with E-state index in [0.29, 0.717) is 27.9 Å². The van der Waals surface area contributed by atoms with Crippen LogP contribution in [-0.4, -0.2) is 33.5 Å². The highest BCUT2D eigenvalue weighted by Crippen LogP contribution is 2.48. The number of hydrogen-bond donors (Lipinski definition) is 0. The Morgan fingerprint density at radius 1 is 0.857 bits per heavy atom. The van der Waals surface area contributed by atoms with E-state index in [1.54, 1.807) is 11.6 Å². The molecule has 3 heterocycles. The summed E-state index contributed by atoms with van der Waals surface area (Å²) in [5.74, 6) is 0.503. The number of allylic oxidation sites excluding steroid dienone is 4. The molecule has 0 aliphatic carbocycles. The second-order valence-corrected chi connectivity index (χ2v) is 13.8. The highest BCUT2D eigenvalue weighted by molar-refractivity contribution is 6.30. The van der Waals surface area contributed by atoms with Gasteiger partial charge in [-0.05, 0) is 54.5 Å². The summed E-state index contributed by atoms with van der Waals surface area (Å²) in [5, 5.41) is 14.6. The molecule has 0 N–H and O–H groups in total. The van der Waals surface area contributed by atoms with E-state index in [2.05, 4.69) is 59.2 Å². The van der Waals surface area contributed by atoms with Crippen molar-refractivity contribution in [2.45, 2.75) is 103 Å². The molecule has 6 nitrogen and oxygen atoms in total. The third kappa shape index (κ3) is 8.55. The van der Waals surface area contributed by atoms with Crippen molar-refractivity contribution in [3.63, 3.8) is 0 Å². The molecule has 0 radical (unpaired) electrons. The maximum atomic E-state index is 13.3. The van der Waals surface area contributed by atoms with Crippen molar-refractivity contribution < 1.29 is 17.9 Å². The van der Waals surface area contributed by atoms with Gasteiger partial charge in [0.05, 0.1) is 5.56 Å². The molecule has 0 fully saturated rings. The summed E-state index contributed by atoms with van der Waals surface area (Å²) in [6.45, 7) is 7.83. The lowest BCUT2D eigenvalue weighted by Gasteiger charge is -2.27. The number of halogens is 4. The molecular weight excluding hydrogens is 647 g/mol. The molecule has 1 aliphatic heterocycles. The number of rotatable bonds is 16. The van der Waals surface area contributed by atoms with Crippen molar-refractivity contribution in [3.05, 3.63) is 93.6 Å². The lowest BCUT2D eigenvalue weighted by molar-refractivity contribution is -0.137. The van der Waals surface area contributed by atoms with Gasteiger partial charge in [0.25, 0.3) is 0 Å². The van der Waals surface area contributed by atoms with Gasteiger partial charge < -0.3 is 9.64 Å². The van der Waals surface area contributed by atoms with Crippen LogP contribution in [0.3, 0.4) is 0 Å². The van der Waals surface area contributed by atoms with Crippen LogP contribution in [0.2, 0.25) is 5.02 Å². The Morgan fingerprint density at radius 2 is 1.51 bits per heavy atom. The number of unbranched alkanes of at least 4 members (excludes halogenated alkanes) is 9. The van der Waals surface area contributed by atoms with Crippen LogP contribution < -0.4 is 10.1 Å². The summed E-state index contributed by atoms with van der Waals surface area (Å²) in [6, 6.07) is 11.2. The standard InChI is InChI=1S/C39H47ClF3N5O/c1-5-6-7-8-9-10-11-12-13-16-25-47-33-24-23-30(40)26-32(33)38(2,3)34(47)18-15-14-17-31-36(28-19-21-29(22-20-28)39(41,42)43)46-48-35(27-49-4)44-45-37(31)48/h14-15,17-24,26H,5-13,16,25,27H2,1-4H3/b15-14+,31-17-,34-18+. The molecule has 0 saturated heterocycles. The molecular formula is C39H47ClF3N5O. The van der Waals surface area contributed by atoms with Crippen molar-refractivity contribution in [1.29, 1.82) is 0 Å². The minimum atomic E-state index is -4.42. The third-order valence-electron chi connectivity index (χ3n) is 9.38. The smallest absolute Gasteiger partial charge is 0.377 e. The molecule has 5 rings (SSSR count). The first kappa shape index (κ1) is 36.6. The maximum absolute atomic E-state index is 13.3. The number of aromatic nitrogens is 4. The Morgan fingerprint density at radius 3 is 2.16 bits per heavy atom. The van der Waals surface area contributed by atoms with Crippen molar-refractivity contribution in [1.82, 2.24) is 19.8 Å². The zero-order valence-electron chi connectivity index (χ0n) is 29.0. The highest BCUT2D eigenvalue weighted by atomic mass is 35.5. The first-order valence-corrected chi connectivity index (χ1v) is 17.8. The molecule has 4 aromatic rings. The number of benzene rings is 2. The van der Waals surface area contributed by atoms with Crippen LogP contribution in [0, 0.1) is 0 Å². The van der Waals surface area contributed by atoms with Gasteiger partial charge in [-0.25, -0.2) is 0 Å². The van der Waals surface area contributed by atoms with E-state index in [-0.39, 0.29) is 12.0 Å². The Balaban J connectivity index is 1.39. The van der Waals surface area contributed by atoms with Crippen LogP contribution in [0.4, 0.5) is 18.9 Å². The average molecular weight is 694 g/mol. The summed E-state index contributed by atoms with van der Waals surface area (Å²) < 4.78 is 46.7. The van der Waals surface area contributed by atoms with E-state index >= 15 is 0 Å². The number of ether oxygens (including phenoxy) is 1. The minimum Gasteiger partial charge on any atom is -0.377 e. The zero-order valence-corrected chi connectivity index (χ0v) is 29.7. The van der Waals surface area contributed by atoms with Gasteiger partial charge in [-0.15, -0.1) is 10.2 Å². The first-order valence-electron chi connectivity index (χ1n) is 17.4. The van der Waals surface area contributed by atoms with Crippen molar-refractivity contribution in [2.75, 3.05) is 18.6 Å². The van der Waals surface area contributed by atoms with Crippen molar-refractivity contribution in [3.8, 4) is 11.3 Å². The fourth-order valence-electron chi connectivity index (χ4n) is 6.69. The van der Waals surface area contributed by atoms with Crippen LogP contribution in [0.15, 0.2) is 66.4 Å². The number of hydrogen-bond acceptors (Lipinski definition) is 5. The van der Waals surface area contributed by atoms with Gasteiger partial charge in [0.2, 0.25) is 0 Å². The summed E-state index contributed by atoms with van der Waals surface area (Å²) in [7, 11) is 1.56. The second kappa shape index (κ2) is 16.3.